The summed E-state index contributed by atoms with van der Waals surface area (Å²) in [4.78, 5) is 15.5. The molecule has 2 bridgehead atoms. The van der Waals surface area contributed by atoms with Gasteiger partial charge < -0.3 is 10.6 Å². The van der Waals surface area contributed by atoms with Gasteiger partial charge in [-0.05, 0) is 85.2 Å². The number of piperidine rings is 1. The Bertz CT molecular complexity index is 1320. The number of fused-ring (bicyclic) bond motifs is 2. The van der Waals surface area contributed by atoms with Gasteiger partial charge in [-0.25, -0.2) is 8.78 Å². The van der Waals surface area contributed by atoms with E-state index in [0.717, 1.165) is 31.2 Å². The zero-order valence-electron chi connectivity index (χ0n) is 18.9. The molecule has 0 radical (unpaired) electrons. The van der Waals surface area contributed by atoms with Crippen LogP contribution in [-0.4, -0.2) is 28.9 Å². The Balaban J connectivity index is 1.62. The summed E-state index contributed by atoms with van der Waals surface area (Å²) in [6.07, 6.45) is 3.49. The summed E-state index contributed by atoms with van der Waals surface area (Å²) in [5, 5.41) is 9.11. The Labute approximate surface area is 197 Å². The molecule has 3 aromatic rings. The number of hydrogen-bond donors (Lipinski definition) is 1. The highest BCUT2D eigenvalue weighted by atomic mass is 19.1. The molecule has 172 valence electrons. The van der Waals surface area contributed by atoms with Gasteiger partial charge in [0.2, 0.25) is 0 Å². The minimum absolute atomic E-state index is 0.0692. The van der Waals surface area contributed by atoms with Crippen LogP contribution in [0.4, 0.5) is 8.78 Å². The van der Waals surface area contributed by atoms with Crippen molar-refractivity contribution in [2.24, 2.45) is 5.73 Å². The van der Waals surface area contributed by atoms with Crippen molar-refractivity contribution in [2.45, 2.75) is 50.7 Å². The average molecular weight is 458 g/mol. The zero-order chi connectivity index (χ0) is 24.0. The Morgan fingerprint density at radius 1 is 0.941 bits per heavy atom. The first kappa shape index (κ1) is 22.2. The first-order chi connectivity index (χ1) is 16.4. The van der Waals surface area contributed by atoms with E-state index in [-0.39, 0.29) is 29.6 Å². The number of nitrogens with zero attached hydrogens (tertiary/aromatic N) is 2. The number of halogens is 2. The van der Waals surface area contributed by atoms with Crippen molar-refractivity contribution in [3.05, 3.63) is 82.9 Å². The van der Waals surface area contributed by atoms with E-state index < -0.39 is 11.6 Å². The van der Waals surface area contributed by atoms with E-state index in [1.807, 2.05) is 24.0 Å². The molecule has 2 saturated heterocycles. The third-order valence-corrected chi connectivity index (χ3v) is 7.09. The van der Waals surface area contributed by atoms with Crippen LogP contribution >= 0.6 is 0 Å². The predicted molar refractivity (Wildman–Crippen MR) is 127 cm³/mol. The number of nitrogens with two attached hydrogens (primary N) is 1. The van der Waals surface area contributed by atoms with Crippen LogP contribution in [0.5, 0.6) is 0 Å². The number of carbonyl (C=O) groups is 1. The molecule has 0 aliphatic carbocycles. The second kappa shape index (κ2) is 8.66. The number of rotatable bonds is 3. The van der Waals surface area contributed by atoms with Gasteiger partial charge in [-0.3, -0.25) is 4.79 Å². The molecule has 4 nitrogen and oxygen atoms in total. The average Bonchev–Trinajstić information content (AvgIpc) is 3.09. The van der Waals surface area contributed by atoms with Crippen molar-refractivity contribution in [1.82, 2.24) is 4.90 Å². The number of aryl methyl sites for hydroxylation is 1. The Kier molecular flexibility index (Phi) is 5.66. The van der Waals surface area contributed by atoms with Gasteiger partial charge >= 0.3 is 0 Å². The topological polar surface area (TPSA) is 70.1 Å². The number of hydrogen-bond acceptors (Lipinski definition) is 3. The van der Waals surface area contributed by atoms with E-state index in [0.29, 0.717) is 27.8 Å². The van der Waals surface area contributed by atoms with Gasteiger partial charge in [0.25, 0.3) is 5.91 Å². The summed E-state index contributed by atoms with van der Waals surface area (Å²) < 4.78 is 29.4. The van der Waals surface area contributed by atoms with Crippen LogP contribution < -0.4 is 5.73 Å². The molecular formula is C28H25F2N3O. The molecule has 2 aliphatic rings. The number of carbonyl (C=O) groups excluding carboxylic acids is 1. The van der Waals surface area contributed by atoms with E-state index in [2.05, 4.69) is 0 Å². The molecule has 0 spiro atoms. The van der Waals surface area contributed by atoms with E-state index in [1.165, 1.54) is 18.2 Å². The molecule has 3 aromatic carbocycles. The second-order valence-electron chi connectivity index (χ2n) is 9.38. The Morgan fingerprint density at radius 2 is 1.65 bits per heavy atom. The highest BCUT2D eigenvalue weighted by Gasteiger charge is 2.42. The minimum Gasteiger partial charge on any atom is -0.333 e. The fourth-order valence-corrected chi connectivity index (χ4v) is 5.46. The van der Waals surface area contributed by atoms with Crippen LogP contribution in [0.15, 0.2) is 54.6 Å². The minimum atomic E-state index is -0.657. The standard InChI is InChI=1S/C28H25F2N3O/c1-16-2-8-24(27(30)10-16)23-9-5-18(11-25(23)17-3-4-19(15-31)26(29)12-17)28(34)33-21-6-7-22(33)14-20(32)13-21/h2-5,8-12,20-22H,6-7,13-14,32H2,1H3/t20?,21-,22+. The van der Waals surface area contributed by atoms with Crippen molar-refractivity contribution in [3.63, 3.8) is 0 Å². The fourth-order valence-electron chi connectivity index (χ4n) is 5.46. The van der Waals surface area contributed by atoms with E-state index in [1.54, 1.807) is 30.3 Å². The molecule has 5 rings (SSSR count). The lowest BCUT2D eigenvalue weighted by atomic mass is 9.90. The maximum absolute atomic E-state index is 14.9. The quantitative estimate of drug-likeness (QED) is 0.559. The largest absolute Gasteiger partial charge is 0.333 e. The monoisotopic (exact) mass is 457 g/mol. The molecule has 1 unspecified atom stereocenters. The van der Waals surface area contributed by atoms with Crippen molar-refractivity contribution < 1.29 is 13.6 Å². The van der Waals surface area contributed by atoms with Crippen molar-refractivity contribution in [2.75, 3.05) is 0 Å². The molecule has 0 aromatic heterocycles. The van der Waals surface area contributed by atoms with Crippen LogP contribution in [0.25, 0.3) is 22.3 Å². The molecular weight excluding hydrogens is 432 g/mol. The number of nitriles is 1. The second-order valence-corrected chi connectivity index (χ2v) is 9.38. The number of benzene rings is 3. The third kappa shape index (κ3) is 3.86. The van der Waals surface area contributed by atoms with E-state index in [4.69, 9.17) is 11.0 Å². The molecule has 0 saturated carbocycles. The van der Waals surface area contributed by atoms with Crippen LogP contribution in [-0.2, 0) is 0 Å². The van der Waals surface area contributed by atoms with Gasteiger partial charge in [0, 0.05) is 29.3 Å². The van der Waals surface area contributed by atoms with Gasteiger partial charge in [-0.15, -0.1) is 0 Å². The third-order valence-electron chi connectivity index (χ3n) is 7.09. The summed E-state index contributed by atoms with van der Waals surface area (Å²) in [6.45, 7) is 1.81. The first-order valence-electron chi connectivity index (χ1n) is 11.5. The molecule has 6 heteroatoms. The lowest BCUT2D eigenvalue weighted by Crippen LogP contribution is -2.50. The van der Waals surface area contributed by atoms with Crippen molar-refractivity contribution in [3.8, 4) is 28.3 Å². The molecule has 1 amide bonds. The Hall–Kier alpha value is -3.56. The highest BCUT2D eigenvalue weighted by molar-refractivity contribution is 5.98. The molecule has 2 N–H and O–H groups in total. The van der Waals surface area contributed by atoms with Crippen molar-refractivity contribution >= 4 is 5.91 Å². The zero-order valence-corrected chi connectivity index (χ0v) is 18.9. The maximum Gasteiger partial charge on any atom is 0.254 e. The SMILES string of the molecule is Cc1ccc(-c2ccc(C(=O)N3[C@@H]4CC[C@H]3CC(N)C4)cc2-c2ccc(C#N)c(F)c2)c(F)c1. The maximum atomic E-state index is 14.9. The van der Waals surface area contributed by atoms with Crippen LogP contribution in [0.3, 0.4) is 0 Å². The lowest BCUT2D eigenvalue weighted by Gasteiger charge is -2.38. The molecule has 2 aliphatic heterocycles. The summed E-state index contributed by atoms with van der Waals surface area (Å²) in [5.41, 5.74) is 9.31. The predicted octanol–water partition coefficient (Wildman–Crippen LogP) is 5.57. The van der Waals surface area contributed by atoms with Gasteiger partial charge in [-0.2, -0.15) is 5.26 Å². The lowest BCUT2D eigenvalue weighted by molar-refractivity contribution is 0.0575. The van der Waals surface area contributed by atoms with E-state index in [9.17, 15) is 13.6 Å². The molecule has 2 heterocycles. The smallest absolute Gasteiger partial charge is 0.254 e. The van der Waals surface area contributed by atoms with Crippen molar-refractivity contribution in [1.29, 1.82) is 5.26 Å². The molecule has 3 atom stereocenters. The number of amides is 1. The van der Waals surface area contributed by atoms with E-state index >= 15 is 0 Å². The summed E-state index contributed by atoms with van der Waals surface area (Å²) in [7, 11) is 0. The summed E-state index contributed by atoms with van der Waals surface area (Å²) in [5.74, 6) is -1.13. The first-order valence-corrected chi connectivity index (χ1v) is 11.5. The highest BCUT2D eigenvalue weighted by Crippen LogP contribution is 2.39. The van der Waals surface area contributed by atoms with Crippen LogP contribution in [0, 0.1) is 29.9 Å². The summed E-state index contributed by atoms with van der Waals surface area (Å²) in [6, 6.07) is 16.6. The van der Waals surface area contributed by atoms with Gasteiger partial charge in [0.15, 0.2) is 0 Å². The molecule has 2 fully saturated rings. The van der Waals surface area contributed by atoms with Crippen LogP contribution in [0.1, 0.15) is 47.2 Å². The van der Waals surface area contributed by atoms with Crippen LogP contribution in [0.2, 0.25) is 0 Å². The van der Waals surface area contributed by atoms with Gasteiger partial charge in [0.1, 0.15) is 17.7 Å². The fraction of sp³-hybridized carbons (Fsp3) is 0.286. The molecule has 34 heavy (non-hydrogen) atoms. The van der Waals surface area contributed by atoms with Gasteiger partial charge in [-0.1, -0.05) is 24.3 Å². The van der Waals surface area contributed by atoms with Gasteiger partial charge in [0.05, 0.1) is 5.56 Å². The Morgan fingerprint density at radius 3 is 2.29 bits per heavy atom. The summed E-state index contributed by atoms with van der Waals surface area (Å²) >= 11 is 0. The normalized spacial score (nSPS) is 21.4.